The summed E-state index contributed by atoms with van der Waals surface area (Å²) >= 11 is 0. The number of hydrogen-bond donors (Lipinski definition) is 0. The average molecular weight is 212 g/mol. The van der Waals surface area contributed by atoms with E-state index < -0.39 is 12.8 Å². The van der Waals surface area contributed by atoms with Gasteiger partial charge in [-0.05, 0) is 18.8 Å². The number of halogens is 3. The monoisotopic (exact) mass is 212 g/mol. The van der Waals surface area contributed by atoms with Gasteiger partial charge in [0.25, 0.3) is 0 Å². The Balaban J connectivity index is 3.90. The maximum Gasteiger partial charge on any atom is 0.411 e. The van der Waals surface area contributed by atoms with Crippen LogP contribution in [0.15, 0.2) is 0 Å². The number of alkyl halides is 3. The van der Waals surface area contributed by atoms with Crippen molar-refractivity contribution < 1.29 is 17.9 Å². The molecule has 86 valence electrons. The number of rotatable bonds is 6. The van der Waals surface area contributed by atoms with Crippen LogP contribution < -0.4 is 0 Å². The van der Waals surface area contributed by atoms with Gasteiger partial charge in [0.15, 0.2) is 0 Å². The summed E-state index contributed by atoms with van der Waals surface area (Å²) in [4.78, 5) is 0. The molecule has 0 radical (unpaired) electrons. The molecule has 0 saturated heterocycles. The predicted molar refractivity (Wildman–Crippen MR) is 50.2 cm³/mol. The van der Waals surface area contributed by atoms with Gasteiger partial charge in [-0.15, -0.1) is 0 Å². The maximum atomic E-state index is 11.9. The standard InChI is InChI=1S/C10H19F3O/c1-4-6-8(3)9(5-2)14-7-10(11,12)13/h8-9H,4-7H2,1-3H3. The quantitative estimate of drug-likeness (QED) is 0.651. The first-order valence-electron chi connectivity index (χ1n) is 5.09. The number of hydrogen-bond acceptors (Lipinski definition) is 1. The van der Waals surface area contributed by atoms with Crippen molar-refractivity contribution in [2.24, 2.45) is 5.92 Å². The highest BCUT2D eigenvalue weighted by Gasteiger charge is 2.30. The summed E-state index contributed by atoms with van der Waals surface area (Å²) in [7, 11) is 0. The molecule has 4 heteroatoms. The molecule has 0 aromatic carbocycles. The van der Waals surface area contributed by atoms with Gasteiger partial charge in [0, 0.05) is 0 Å². The second-order valence-corrected chi connectivity index (χ2v) is 3.64. The van der Waals surface area contributed by atoms with E-state index in [0.717, 1.165) is 12.8 Å². The molecule has 0 spiro atoms. The van der Waals surface area contributed by atoms with Crippen LogP contribution in [0.1, 0.15) is 40.0 Å². The third-order valence-corrected chi connectivity index (χ3v) is 2.24. The molecule has 0 aliphatic heterocycles. The van der Waals surface area contributed by atoms with Crippen molar-refractivity contribution in [2.45, 2.75) is 52.3 Å². The van der Waals surface area contributed by atoms with Crippen molar-refractivity contribution in [1.82, 2.24) is 0 Å². The fraction of sp³-hybridized carbons (Fsp3) is 1.00. The molecule has 0 aliphatic carbocycles. The summed E-state index contributed by atoms with van der Waals surface area (Å²) in [6.45, 7) is 4.69. The van der Waals surface area contributed by atoms with E-state index in [1.807, 2.05) is 20.8 Å². The van der Waals surface area contributed by atoms with Gasteiger partial charge < -0.3 is 4.74 Å². The van der Waals surface area contributed by atoms with Crippen molar-refractivity contribution in [3.63, 3.8) is 0 Å². The molecule has 0 aliphatic rings. The minimum absolute atomic E-state index is 0.201. The van der Waals surface area contributed by atoms with Crippen LogP contribution in [0.5, 0.6) is 0 Å². The molecular weight excluding hydrogens is 193 g/mol. The van der Waals surface area contributed by atoms with Gasteiger partial charge in [-0.3, -0.25) is 0 Å². The highest BCUT2D eigenvalue weighted by Crippen LogP contribution is 2.21. The fourth-order valence-electron chi connectivity index (χ4n) is 1.53. The molecule has 0 fully saturated rings. The molecule has 0 aromatic heterocycles. The molecule has 0 rings (SSSR count). The van der Waals surface area contributed by atoms with E-state index in [-0.39, 0.29) is 12.0 Å². The van der Waals surface area contributed by atoms with Crippen LogP contribution in [-0.2, 0) is 4.74 Å². The third kappa shape index (κ3) is 6.24. The first-order chi connectivity index (χ1) is 6.40. The Morgan fingerprint density at radius 3 is 2.14 bits per heavy atom. The second kappa shape index (κ2) is 6.27. The van der Waals surface area contributed by atoms with E-state index in [4.69, 9.17) is 4.74 Å². The van der Waals surface area contributed by atoms with Gasteiger partial charge in [0.1, 0.15) is 6.61 Å². The zero-order valence-electron chi connectivity index (χ0n) is 9.03. The summed E-state index contributed by atoms with van der Waals surface area (Å²) in [6, 6.07) is 0. The van der Waals surface area contributed by atoms with E-state index in [1.165, 1.54) is 0 Å². The lowest BCUT2D eigenvalue weighted by Crippen LogP contribution is -2.27. The predicted octanol–water partition coefficient (Wildman–Crippen LogP) is 3.78. The fourth-order valence-corrected chi connectivity index (χ4v) is 1.53. The van der Waals surface area contributed by atoms with Crippen LogP contribution in [0.25, 0.3) is 0 Å². The van der Waals surface area contributed by atoms with Crippen molar-refractivity contribution in [1.29, 1.82) is 0 Å². The van der Waals surface area contributed by atoms with Crippen molar-refractivity contribution >= 4 is 0 Å². The number of ether oxygens (including phenoxy) is 1. The summed E-state index contributed by atoms with van der Waals surface area (Å²) in [6.07, 6.45) is -1.95. The molecule has 0 saturated carbocycles. The topological polar surface area (TPSA) is 9.23 Å². The minimum atomic E-state index is -4.21. The Morgan fingerprint density at radius 1 is 1.21 bits per heavy atom. The smallest absolute Gasteiger partial charge is 0.369 e. The van der Waals surface area contributed by atoms with Crippen LogP contribution in [0.2, 0.25) is 0 Å². The molecule has 2 unspecified atom stereocenters. The lowest BCUT2D eigenvalue weighted by Gasteiger charge is -2.23. The van der Waals surface area contributed by atoms with Crippen LogP contribution in [-0.4, -0.2) is 18.9 Å². The van der Waals surface area contributed by atoms with E-state index in [9.17, 15) is 13.2 Å². The van der Waals surface area contributed by atoms with Crippen LogP contribution in [0, 0.1) is 5.92 Å². The maximum absolute atomic E-state index is 11.9. The van der Waals surface area contributed by atoms with E-state index >= 15 is 0 Å². The summed E-state index contributed by atoms with van der Waals surface area (Å²) in [5.74, 6) is 0.201. The first kappa shape index (κ1) is 13.8. The molecule has 1 nitrogen and oxygen atoms in total. The lowest BCUT2D eigenvalue weighted by atomic mass is 9.97. The second-order valence-electron chi connectivity index (χ2n) is 3.64. The minimum Gasteiger partial charge on any atom is -0.369 e. The van der Waals surface area contributed by atoms with Gasteiger partial charge in [-0.2, -0.15) is 13.2 Å². The first-order valence-corrected chi connectivity index (χ1v) is 5.09. The molecular formula is C10H19F3O. The highest BCUT2D eigenvalue weighted by atomic mass is 19.4. The van der Waals surface area contributed by atoms with Gasteiger partial charge >= 0.3 is 6.18 Å². The van der Waals surface area contributed by atoms with Gasteiger partial charge in [-0.25, -0.2) is 0 Å². The Morgan fingerprint density at radius 2 is 1.79 bits per heavy atom. The van der Waals surface area contributed by atoms with Crippen LogP contribution in [0.3, 0.4) is 0 Å². The van der Waals surface area contributed by atoms with E-state index in [2.05, 4.69) is 0 Å². The normalized spacial score (nSPS) is 16.7. The molecule has 0 heterocycles. The van der Waals surface area contributed by atoms with Crippen LogP contribution >= 0.6 is 0 Å². The van der Waals surface area contributed by atoms with Gasteiger partial charge in [-0.1, -0.05) is 27.2 Å². The zero-order valence-corrected chi connectivity index (χ0v) is 9.03. The Bertz CT molecular complexity index is 145. The molecule has 2 atom stereocenters. The Hall–Kier alpha value is -0.250. The highest BCUT2D eigenvalue weighted by molar-refractivity contribution is 4.65. The van der Waals surface area contributed by atoms with Crippen molar-refractivity contribution in [3.8, 4) is 0 Å². The molecule has 14 heavy (non-hydrogen) atoms. The zero-order chi connectivity index (χ0) is 11.2. The third-order valence-electron chi connectivity index (χ3n) is 2.24. The summed E-state index contributed by atoms with van der Waals surface area (Å²) in [5.41, 5.74) is 0. The SMILES string of the molecule is CCCC(C)C(CC)OCC(F)(F)F. The summed E-state index contributed by atoms with van der Waals surface area (Å²) in [5, 5.41) is 0. The van der Waals surface area contributed by atoms with Crippen molar-refractivity contribution in [3.05, 3.63) is 0 Å². The Labute approximate surface area is 83.6 Å². The molecule has 0 N–H and O–H groups in total. The largest absolute Gasteiger partial charge is 0.411 e. The molecule has 0 aromatic rings. The van der Waals surface area contributed by atoms with Gasteiger partial charge in [0.2, 0.25) is 0 Å². The van der Waals surface area contributed by atoms with Gasteiger partial charge in [0.05, 0.1) is 6.10 Å². The molecule has 0 bridgehead atoms. The van der Waals surface area contributed by atoms with E-state index in [1.54, 1.807) is 0 Å². The van der Waals surface area contributed by atoms with Crippen LogP contribution in [0.4, 0.5) is 13.2 Å². The lowest BCUT2D eigenvalue weighted by molar-refractivity contribution is -0.190. The van der Waals surface area contributed by atoms with E-state index in [0.29, 0.717) is 6.42 Å². The molecule has 0 amide bonds. The summed E-state index contributed by atoms with van der Waals surface area (Å²) < 4.78 is 40.5. The average Bonchev–Trinajstić information content (AvgIpc) is 2.03. The Kier molecular flexibility index (Phi) is 6.16. The van der Waals surface area contributed by atoms with Crippen molar-refractivity contribution in [2.75, 3.05) is 6.61 Å².